The summed E-state index contributed by atoms with van der Waals surface area (Å²) in [7, 11) is 1.46. The predicted octanol–water partition coefficient (Wildman–Crippen LogP) is 5.28. The first kappa shape index (κ1) is 19.3. The molecule has 0 bridgehead atoms. The van der Waals surface area contributed by atoms with E-state index in [0.29, 0.717) is 28.5 Å². The van der Waals surface area contributed by atoms with Crippen LogP contribution in [0, 0.1) is 0 Å². The summed E-state index contributed by atoms with van der Waals surface area (Å²) in [5, 5.41) is 12.1. The van der Waals surface area contributed by atoms with E-state index in [-0.39, 0.29) is 12.1 Å². The average molecular weight is 391 g/mol. The summed E-state index contributed by atoms with van der Waals surface area (Å²) >= 11 is 0. The van der Waals surface area contributed by atoms with E-state index < -0.39 is 17.7 Å². The van der Waals surface area contributed by atoms with Crippen molar-refractivity contribution in [1.82, 2.24) is 0 Å². The van der Waals surface area contributed by atoms with E-state index in [1.54, 1.807) is 12.1 Å². The molecule has 0 unspecified atom stereocenters. The summed E-state index contributed by atoms with van der Waals surface area (Å²) in [4.78, 5) is 11.1. The Hall–Kier alpha value is -3.42. The fourth-order valence-electron chi connectivity index (χ4n) is 2.64. The molecule has 2 aromatic carbocycles. The molecule has 5 nitrogen and oxygen atoms in total. The van der Waals surface area contributed by atoms with Crippen LogP contribution in [0.1, 0.15) is 21.7 Å². The molecule has 0 fully saturated rings. The maximum Gasteiger partial charge on any atom is 0.416 e. The van der Waals surface area contributed by atoms with Crippen molar-refractivity contribution in [2.75, 3.05) is 12.4 Å². The number of rotatable bonds is 6. The van der Waals surface area contributed by atoms with E-state index in [1.807, 2.05) is 0 Å². The number of furan rings is 1. The van der Waals surface area contributed by atoms with E-state index in [4.69, 9.17) is 14.3 Å². The van der Waals surface area contributed by atoms with Gasteiger partial charge in [-0.15, -0.1) is 0 Å². The standard InChI is InChI=1S/C20H16F3NO4/c1-27-18-7-5-13(19(25)26)10-16(18)24-11-15-6-8-17(28-15)12-3-2-4-14(9-12)20(21,22)23/h2-10,24H,11H2,1H3,(H,25,26). The van der Waals surface area contributed by atoms with Crippen LogP contribution in [0.15, 0.2) is 59.0 Å². The molecule has 146 valence electrons. The Bertz CT molecular complexity index is 995. The van der Waals surface area contributed by atoms with Crippen molar-refractivity contribution in [3.05, 3.63) is 71.5 Å². The molecule has 1 heterocycles. The SMILES string of the molecule is COc1ccc(C(=O)O)cc1NCc1ccc(-c2cccc(C(F)(F)F)c2)o1. The second kappa shape index (κ2) is 7.67. The molecular formula is C20H16F3NO4. The number of halogens is 3. The highest BCUT2D eigenvalue weighted by Gasteiger charge is 2.30. The highest BCUT2D eigenvalue weighted by Crippen LogP contribution is 2.33. The number of carbonyl (C=O) groups is 1. The van der Waals surface area contributed by atoms with Crippen LogP contribution in [0.2, 0.25) is 0 Å². The molecule has 0 saturated heterocycles. The van der Waals surface area contributed by atoms with E-state index in [2.05, 4.69) is 5.32 Å². The molecule has 0 spiro atoms. The first-order valence-corrected chi connectivity index (χ1v) is 8.19. The number of hydrogen-bond acceptors (Lipinski definition) is 4. The van der Waals surface area contributed by atoms with Crippen LogP contribution >= 0.6 is 0 Å². The topological polar surface area (TPSA) is 71.7 Å². The van der Waals surface area contributed by atoms with Gasteiger partial charge in [0.15, 0.2) is 0 Å². The van der Waals surface area contributed by atoms with Gasteiger partial charge in [-0.25, -0.2) is 4.79 Å². The molecule has 0 saturated carbocycles. The van der Waals surface area contributed by atoms with Crippen molar-refractivity contribution in [2.24, 2.45) is 0 Å². The molecule has 0 aliphatic heterocycles. The van der Waals surface area contributed by atoms with Crippen LogP contribution in [-0.4, -0.2) is 18.2 Å². The van der Waals surface area contributed by atoms with Gasteiger partial charge in [0.2, 0.25) is 0 Å². The normalized spacial score (nSPS) is 11.3. The molecular weight excluding hydrogens is 375 g/mol. The van der Waals surface area contributed by atoms with Gasteiger partial charge in [-0.05, 0) is 42.5 Å². The highest BCUT2D eigenvalue weighted by atomic mass is 19.4. The minimum absolute atomic E-state index is 0.0902. The molecule has 0 amide bonds. The van der Waals surface area contributed by atoms with Gasteiger partial charge in [0, 0.05) is 5.56 Å². The Kier molecular flexibility index (Phi) is 5.30. The molecule has 3 rings (SSSR count). The lowest BCUT2D eigenvalue weighted by Gasteiger charge is -2.11. The fraction of sp³-hybridized carbons (Fsp3) is 0.150. The second-order valence-electron chi connectivity index (χ2n) is 5.92. The quantitative estimate of drug-likeness (QED) is 0.598. The third-order valence-electron chi connectivity index (χ3n) is 4.04. The Morgan fingerprint density at radius 2 is 1.93 bits per heavy atom. The number of hydrogen-bond donors (Lipinski definition) is 2. The molecule has 0 radical (unpaired) electrons. The van der Waals surface area contributed by atoms with Crippen molar-refractivity contribution in [1.29, 1.82) is 0 Å². The summed E-state index contributed by atoms with van der Waals surface area (Å²) in [6.45, 7) is 0.193. The number of carboxylic acids is 1. The van der Waals surface area contributed by atoms with Crippen LogP contribution in [-0.2, 0) is 12.7 Å². The monoisotopic (exact) mass is 391 g/mol. The Balaban J connectivity index is 1.78. The highest BCUT2D eigenvalue weighted by molar-refractivity contribution is 5.89. The minimum atomic E-state index is -4.43. The zero-order valence-electron chi connectivity index (χ0n) is 14.7. The average Bonchev–Trinajstić information content (AvgIpc) is 3.14. The first-order chi connectivity index (χ1) is 13.3. The van der Waals surface area contributed by atoms with Gasteiger partial charge >= 0.3 is 12.1 Å². The zero-order chi connectivity index (χ0) is 20.3. The Morgan fingerprint density at radius 3 is 2.61 bits per heavy atom. The number of methoxy groups -OCH3 is 1. The number of anilines is 1. The number of benzene rings is 2. The van der Waals surface area contributed by atoms with Crippen molar-refractivity contribution in [3.8, 4) is 17.1 Å². The lowest BCUT2D eigenvalue weighted by atomic mass is 10.1. The number of carboxylic acid groups (broad SMARTS) is 1. The van der Waals surface area contributed by atoms with Crippen LogP contribution < -0.4 is 10.1 Å². The molecule has 28 heavy (non-hydrogen) atoms. The zero-order valence-corrected chi connectivity index (χ0v) is 14.7. The smallest absolute Gasteiger partial charge is 0.416 e. The lowest BCUT2D eigenvalue weighted by Crippen LogP contribution is -2.04. The summed E-state index contributed by atoms with van der Waals surface area (Å²) < 4.78 is 49.4. The van der Waals surface area contributed by atoms with Crippen molar-refractivity contribution in [2.45, 2.75) is 12.7 Å². The number of ether oxygens (including phenoxy) is 1. The third-order valence-corrected chi connectivity index (χ3v) is 4.04. The minimum Gasteiger partial charge on any atom is -0.495 e. The number of aromatic carboxylic acids is 1. The summed E-state index contributed by atoms with van der Waals surface area (Å²) in [6, 6.07) is 12.5. The number of nitrogens with one attached hydrogen (secondary N) is 1. The van der Waals surface area contributed by atoms with Crippen LogP contribution in [0.5, 0.6) is 5.75 Å². The fourth-order valence-corrected chi connectivity index (χ4v) is 2.64. The Labute approximate surface area is 158 Å². The molecule has 1 aromatic heterocycles. The van der Waals surface area contributed by atoms with Gasteiger partial charge in [0.1, 0.15) is 17.3 Å². The van der Waals surface area contributed by atoms with Crippen molar-refractivity contribution >= 4 is 11.7 Å². The molecule has 3 aromatic rings. The van der Waals surface area contributed by atoms with Crippen LogP contribution in [0.4, 0.5) is 18.9 Å². The molecule has 0 atom stereocenters. The number of alkyl halides is 3. The summed E-state index contributed by atoms with van der Waals surface area (Å²) in [6.07, 6.45) is -4.43. The lowest BCUT2D eigenvalue weighted by molar-refractivity contribution is -0.137. The van der Waals surface area contributed by atoms with E-state index in [0.717, 1.165) is 12.1 Å². The van der Waals surface area contributed by atoms with Gasteiger partial charge in [-0.3, -0.25) is 0 Å². The molecule has 0 aliphatic rings. The summed E-state index contributed by atoms with van der Waals surface area (Å²) in [5.74, 6) is 0.148. The van der Waals surface area contributed by atoms with Crippen molar-refractivity contribution < 1.29 is 32.2 Å². The maximum absolute atomic E-state index is 12.9. The predicted molar refractivity (Wildman–Crippen MR) is 96.4 cm³/mol. The first-order valence-electron chi connectivity index (χ1n) is 8.19. The Morgan fingerprint density at radius 1 is 1.14 bits per heavy atom. The van der Waals surface area contributed by atoms with E-state index >= 15 is 0 Å². The van der Waals surface area contributed by atoms with Crippen LogP contribution in [0.25, 0.3) is 11.3 Å². The molecule has 2 N–H and O–H groups in total. The molecule has 0 aliphatic carbocycles. The van der Waals surface area contributed by atoms with Crippen LogP contribution in [0.3, 0.4) is 0 Å². The van der Waals surface area contributed by atoms with Gasteiger partial charge in [-0.1, -0.05) is 12.1 Å². The second-order valence-corrected chi connectivity index (χ2v) is 5.92. The largest absolute Gasteiger partial charge is 0.495 e. The molecule has 8 heteroatoms. The van der Waals surface area contributed by atoms with Gasteiger partial charge < -0.3 is 19.6 Å². The van der Waals surface area contributed by atoms with E-state index in [9.17, 15) is 18.0 Å². The third kappa shape index (κ3) is 4.28. The van der Waals surface area contributed by atoms with Gasteiger partial charge in [-0.2, -0.15) is 13.2 Å². The summed E-state index contributed by atoms with van der Waals surface area (Å²) in [5.41, 5.74) is 0.106. The van der Waals surface area contributed by atoms with Gasteiger partial charge in [0.05, 0.1) is 30.5 Å². The van der Waals surface area contributed by atoms with Crippen molar-refractivity contribution in [3.63, 3.8) is 0 Å². The van der Waals surface area contributed by atoms with E-state index in [1.165, 1.54) is 37.4 Å². The maximum atomic E-state index is 12.9. The van der Waals surface area contributed by atoms with Gasteiger partial charge in [0.25, 0.3) is 0 Å².